The molecule has 1 aromatic carbocycles. The third-order valence-corrected chi connectivity index (χ3v) is 3.80. The highest BCUT2D eigenvalue weighted by atomic mass is 16.2. The molecule has 3 rings (SSSR count). The number of aliphatic imine (C=N–C) groups is 1. The van der Waals surface area contributed by atoms with Gasteiger partial charge in [0.05, 0.1) is 6.54 Å². The van der Waals surface area contributed by atoms with Crippen molar-refractivity contribution in [3.05, 3.63) is 30.3 Å². The fourth-order valence-electron chi connectivity index (χ4n) is 2.86. The lowest BCUT2D eigenvalue weighted by molar-refractivity contribution is -0.129. The van der Waals surface area contributed by atoms with Gasteiger partial charge in [0.1, 0.15) is 0 Å². The summed E-state index contributed by atoms with van der Waals surface area (Å²) in [5, 5.41) is 3.29. The summed E-state index contributed by atoms with van der Waals surface area (Å²) >= 11 is 0. The minimum Gasteiger partial charge on any atom is -0.326 e. The molecule has 0 aromatic heterocycles. The predicted octanol–water partition coefficient (Wildman–Crippen LogP) is 2.63. The molecule has 0 unspecified atom stereocenters. The van der Waals surface area contributed by atoms with E-state index in [-0.39, 0.29) is 5.91 Å². The molecule has 0 saturated heterocycles. The molecule has 19 heavy (non-hydrogen) atoms. The van der Waals surface area contributed by atoms with E-state index in [1.165, 1.54) is 12.8 Å². The highest BCUT2D eigenvalue weighted by Gasteiger charge is 2.32. The Morgan fingerprint density at radius 1 is 1.16 bits per heavy atom. The summed E-state index contributed by atoms with van der Waals surface area (Å²) in [6.45, 7) is 0.594. The van der Waals surface area contributed by atoms with E-state index >= 15 is 0 Å². The van der Waals surface area contributed by atoms with Gasteiger partial charge in [-0.15, -0.1) is 0 Å². The maximum atomic E-state index is 12.2. The number of benzene rings is 1. The van der Waals surface area contributed by atoms with E-state index < -0.39 is 0 Å². The molecule has 1 aliphatic carbocycles. The number of nitrogens with one attached hydrogen (secondary N) is 1. The molecule has 1 fully saturated rings. The van der Waals surface area contributed by atoms with Gasteiger partial charge in [-0.05, 0) is 25.0 Å². The first kappa shape index (κ1) is 12.2. The van der Waals surface area contributed by atoms with E-state index in [1.807, 2.05) is 35.2 Å². The van der Waals surface area contributed by atoms with Gasteiger partial charge < -0.3 is 5.32 Å². The molecule has 2 aliphatic rings. The van der Waals surface area contributed by atoms with Crippen molar-refractivity contribution in [2.75, 3.05) is 11.9 Å². The Morgan fingerprint density at radius 3 is 2.63 bits per heavy atom. The van der Waals surface area contributed by atoms with Crippen molar-refractivity contribution >= 4 is 17.6 Å². The zero-order valence-corrected chi connectivity index (χ0v) is 11.0. The van der Waals surface area contributed by atoms with E-state index in [9.17, 15) is 4.79 Å². The van der Waals surface area contributed by atoms with Crippen molar-refractivity contribution in [1.29, 1.82) is 0 Å². The van der Waals surface area contributed by atoms with Crippen molar-refractivity contribution in [1.82, 2.24) is 4.90 Å². The molecule has 0 spiro atoms. The smallest absolute Gasteiger partial charge is 0.231 e. The highest BCUT2D eigenvalue weighted by Crippen LogP contribution is 2.26. The van der Waals surface area contributed by atoms with E-state index in [0.717, 1.165) is 24.5 Å². The lowest BCUT2D eigenvalue weighted by atomic mass is 10.2. The number of carbonyl (C=O) groups excluding carboxylic acids is 1. The van der Waals surface area contributed by atoms with Crippen LogP contribution >= 0.6 is 0 Å². The number of para-hydroxylation sites is 1. The Hall–Kier alpha value is -1.84. The normalized spacial score (nSPS) is 20.5. The Morgan fingerprint density at radius 2 is 1.89 bits per heavy atom. The molecular formula is C15H19N3O. The second kappa shape index (κ2) is 5.43. The Labute approximate surface area is 113 Å². The van der Waals surface area contributed by atoms with Crippen LogP contribution in [0.2, 0.25) is 0 Å². The van der Waals surface area contributed by atoms with Crippen molar-refractivity contribution < 1.29 is 4.79 Å². The number of hydrogen-bond acceptors (Lipinski definition) is 3. The third-order valence-electron chi connectivity index (χ3n) is 3.80. The number of nitrogens with zero attached hydrogens (tertiary/aromatic N) is 2. The summed E-state index contributed by atoms with van der Waals surface area (Å²) in [6, 6.07) is 10.3. The van der Waals surface area contributed by atoms with Crippen LogP contribution in [0.3, 0.4) is 0 Å². The molecule has 1 amide bonds. The minimum absolute atomic E-state index is 0.209. The standard InChI is InChI=1S/C15H19N3O/c19-14-10-11-16-15(17-12-6-2-1-3-7-12)18(14)13-8-4-5-9-13/h1-3,6-7,13H,4-5,8-11H2,(H,16,17). The van der Waals surface area contributed by atoms with Crippen molar-refractivity contribution in [3.8, 4) is 0 Å². The largest absolute Gasteiger partial charge is 0.326 e. The number of anilines is 1. The van der Waals surface area contributed by atoms with Gasteiger partial charge in [-0.1, -0.05) is 31.0 Å². The number of amides is 1. The van der Waals surface area contributed by atoms with Crippen LogP contribution in [0, 0.1) is 0 Å². The highest BCUT2D eigenvalue weighted by molar-refractivity contribution is 6.05. The van der Waals surface area contributed by atoms with Gasteiger partial charge in [-0.2, -0.15) is 0 Å². The van der Waals surface area contributed by atoms with Crippen molar-refractivity contribution in [3.63, 3.8) is 0 Å². The number of hydrogen-bond donors (Lipinski definition) is 1. The molecule has 0 bridgehead atoms. The van der Waals surface area contributed by atoms with E-state index in [2.05, 4.69) is 10.3 Å². The minimum atomic E-state index is 0.209. The van der Waals surface area contributed by atoms with E-state index in [4.69, 9.17) is 0 Å². The lowest BCUT2D eigenvalue weighted by Gasteiger charge is -2.32. The molecule has 0 atom stereocenters. The molecule has 4 heteroatoms. The summed E-state index contributed by atoms with van der Waals surface area (Å²) in [6.07, 6.45) is 5.17. The summed E-state index contributed by atoms with van der Waals surface area (Å²) in [4.78, 5) is 18.6. The van der Waals surface area contributed by atoms with Gasteiger partial charge >= 0.3 is 0 Å². The van der Waals surface area contributed by atoms with Crippen LogP contribution in [0.15, 0.2) is 35.3 Å². The van der Waals surface area contributed by atoms with Crippen molar-refractivity contribution in [2.24, 2.45) is 4.99 Å². The quantitative estimate of drug-likeness (QED) is 0.885. The summed E-state index contributed by atoms with van der Waals surface area (Å²) in [5.74, 6) is 0.940. The maximum absolute atomic E-state index is 12.2. The summed E-state index contributed by atoms with van der Waals surface area (Å²) in [7, 11) is 0. The van der Waals surface area contributed by atoms with Gasteiger partial charge in [0.25, 0.3) is 0 Å². The molecule has 1 saturated carbocycles. The van der Waals surface area contributed by atoms with Crippen LogP contribution in [0.5, 0.6) is 0 Å². The molecule has 1 N–H and O–H groups in total. The summed E-state index contributed by atoms with van der Waals surface area (Å²) < 4.78 is 0. The van der Waals surface area contributed by atoms with Crippen LogP contribution in [-0.2, 0) is 4.79 Å². The topological polar surface area (TPSA) is 44.7 Å². The number of rotatable bonds is 2. The first-order chi connectivity index (χ1) is 9.34. The molecule has 100 valence electrons. The Balaban J connectivity index is 1.80. The molecule has 1 aromatic rings. The van der Waals surface area contributed by atoms with Gasteiger partial charge in [-0.25, -0.2) is 0 Å². The first-order valence-electron chi connectivity index (χ1n) is 7.03. The first-order valence-corrected chi connectivity index (χ1v) is 7.03. The van der Waals surface area contributed by atoms with Gasteiger partial charge in [0.15, 0.2) is 0 Å². The van der Waals surface area contributed by atoms with Gasteiger partial charge in [0, 0.05) is 18.2 Å². The Kier molecular flexibility index (Phi) is 3.49. The Bertz CT molecular complexity index is 477. The second-order valence-electron chi connectivity index (χ2n) is 5.15. The fraction of sp³-hybridized carbons (Fsp3) is 0.467. The van der Waals surface area contributed by atoms with Crippen LogP contribution in [0.1, 0.15) is 32.1 Å². The third kappa shape index (κ3) is 2.62. The van der Waals surface area contributed by atoms with Gasteiger partial charge in [-0.3, -0.25) is 14.7 Å². The monoisotopic (exact) mass is 257 g/mol. The zero-order chi connectivity index (χ0) is 13.1. The average molecular weight is 257 g/mol. The zero-order valence-electron chi connectivity index (χ0n) is 11.0. The summed E-state index contributed by atoms with van der Waals surface area (Å²) in [5.41, 5.74) is 0.985. The molecule has 4 nitrogen and oxygen atoms in total. The predicted molar refractivity (Wildman–Crippen MR) is 76.1 cm³/mol. The molecule has 1 heterocycles. The molecule has 1 aliphatic heterocycles. The van der Waals surface area contributed by atoms with Crippen LogP contribution in [0.25, 0.3) is 0 Å². The van der Waals surface area contributed by atoms with Crippen molar-refractivity contribution in [2.45, 2.75) is 38.1 Å². The van der Waals surface area contributed by atoms with E-state index in [1.54, 1.807) is 0 Å². The van der Waals surface area contributed by atoms with Crippen LogP contribution in [-0.4, -0.2) is 29.4 Å². The number of guanidine groups is 1. The number of carbonyl (C=O) groups is 1. The molecular weight excluding hydrogens is 238 g/mol. The maximum Gasteiger partial charge on any atom is 0.231 e. The SMILES string of the molecule is O=C1CCN=C(Nc2ccccc2)N1C1CCCC1. The average Bonchev–Trinajstić information content (AvgIpc) is 2.94. The second-order valence-corrected chi connectivity index (χ2v) is 5.15. The van der Waals surface area contributed by atoms with Crippen LogP contribution < -0.4 is 5.32 Å². The van der Waals surface area contributed by atoms with Crippen LogP contribution in [0.4, 0.5) is 5.69 Å². The van der Waals surface area contributed by atoms with E-state index in [0.29, 0.717) is 19.0 Å². The molecule has 0 radical (unpaired) electrons. The fourth-order valence-corrected chi connectivity index (χ4v) is 2.86. The van der Waals surface area contributed by atoms with Gasteiger partial charge in [0.2, 0.25) is 11.9 Å². The lowest BCUT2D eigenvalue weighted by Crippen LogP contribution is -2.49.